The predicted octanol–water partition coefficient (Wildman–Crippen LogP) is 4.36. The zero-order valence-corrected chi connectivity index (χ0v) is 23.0. The molecule has 0 radical (unpaired) electrons. The molecule has 0 aromatic heterocycles. The van der Waals surface area contributed by atoms with E-state index in [1.807, 2.05) is 24.3 Å². The minimum atomic E-state index is -0.341. The lowest BCUT2D eigenvalue weighted by Gasteiger charge is -2.34. The van der Waals surface area contributed by atoms with E-state index in [2.05, 4.69) is 22.2 Å². The number of hydrogen-bond acceptors (Lipinski definition) is 8. The quantitative estimate of drug-likeness (QED) is 0.310. The van der Waals surface area contributed by atoms with E-state index >= 15 is 0 Å². The summed E-state index contributed by atoms with van der Waals surface area (Å²) in [6.45, 7) is 3.96. The Bertz CT molecular complexity index is 1310. The van der Waals surface area contributed by atoms with Crippen LogP contribution in [0, 0.1) is 0 Å². The molecule has 1 aliphatic rings. The Balaban J connectivity index is 1.68. The second-order valence-electron chi connectivity index (χ2n) is 9.19. The van der Waals surface area contributed by atoms with Gasteiger partial charge < -0.3 is 39.2 Å². The van der Waals surface area contributed by atoms with Crippen LogP contribution in [0.15, 0.2) is 54.6 Å². The second-order valence-corrected chi connectivity index (χ2v) is 9.19. The molecule has 0 bridgehead atoms. The highest BCUT2D eigenvalue weighted by atomic mass is 16.5. The molecule has 0 spiro atoms. The summed E-state index contributed by atoms with van der Waals surface area (Å²) in [6.07, 6.45) is 1.69. The van der Waals surface area contributed by atoms with Gasteiger partial charge in [-0.2, -0.15) is 0 Å². The van der Waals surface area contributed by atoms with Crippen LogP contribution >= 0.6 is 0 Å². The number of rotatable bonds is 9. The Kier molecular flexibility index (Phi) is 8.83. The molecular weight excluding hydrogens is 498 g/mol. The fourth-order valence-electron chi connectivity index (χ4n) is 4.50. The number of aromatic hydroxyl groups is 1. The SMILES string of the molecule is COc1ccc(/C=C(/C(=O)Nc2ccc(N3CCN(C)CC3)cc2)c2cc(OC)c(OC)c(OC)c2)cc1O. The van der Waals surface area contributed by atoms with E-state index in [4.69, 9.17) is 18.9 Å². The van der Waals surface area contributed by atoms with Gasteiger partial charge >= 0.3 is 0 Å². The highest BCUT2D eigenvalue weighted by Gasteiger charge is 2.20. The molecule has 1 heterocycles. The largest absolute Gasteiger partial charge is 0.504 e. The van der Waals surface area contributed by atoms with E-state index in [0.29, 0.717) is 45.4 Å². The molecule has 0 atom stereocenters. The third kappa shape index (κ3) is 6.38. The van der Waals surface area contributed by atoms with E-state index in [1.165, 1.54) is 34.5 Å². The number of anilines is 2. The molecule has 4 rings (SSSR count). The summed E-state index contributed by atoms with van der Waals surface area (Å²) < 4.78 is 21.6. The zero-order chi connectivity index (χ0) is 27.9. The summed E-state index contributed by atoms with van der Waals surface area (Å²) in [7, 11) is 8.17. The maximum absolute atomic E-state index is 13.7. The number of methoxy groups -OCH3 is 4. The third-order valence-corrected chi connectivity index (χ3v) is 6.73. The van der Waals surface area contributed by atoms with Crippen LogP contribution in [0.1, 0.15) is 11.1 Å². The van der Waals surface area contributed by atoms with Crippen molar-refractivity contribution in [2.75, 3.05) is 71.9 Å². The number of carbonyl (C=O) groups is 1. The van der Waals surface area contributed by atoms with Gasteiger partial charge in [-0.1, -0.05) is 6.07 Å². The van der Waals surface area contributed by atoms with Gasteiger partial charge in [0.2, 0.25) is 5.75 Å². The van der Waals surface area contributed by atoms with Gasteiger partial charge in [-0.3, -0.25) is 4.79 Å². The van der Waals surface area contributed by atoms with Crippen molar-refractivity contribution in [1.29, 1.82) is 0 Å². The first-order valence-corrected chi connectivity index (χ1v) is 12.6. The van der Waals surface area contributed by atoms with Crippen LogP contribution in [-0.2, 0) is 4.79 Å². The number of likely N-dealkylation sites (N-methyl/N-ethyl adjacent to an activating group) is 1. The molecule has 0 saturated carbocycles. The molecule has 1 fully saturated rings. The average Bonchev–Trinajstić information content (AvgIpc) is 2.96. The average molecular weight is 534 g/mol. The van der Waals surface area contributed by atoms with Crippen LogP contribution in [0.3, 0.4) is 0 Å². The van der Waals surface area contributed by atoms with Gasteiger partial charge in [-0.05, 0) is 72.8 Å². The van der Waals surface area contributed by atoms with Gasteiger partial charge in [0.15, 0.2) is 23.0 Å². The van der Waals surface area contributed by atoms with Crippen LogP contribution < -0.4 is 29.2 Å². The van der Waals surface area contributed by atoms with Crippen LogP contribution in [-0.4, -0.2) is 77.6 Å². The molecule has 1 saturated heterocycles. The van der Waals surface area contributed by atoms with E-state index in [-0.39, 0.29) is 11.7 Å². The van der Waals surface area contributed by atoms with Gasteiger partial charge in [0.1, 0.15) is 0 Å². The highest BCUT2D eigenvalue weighted by molar-refractivity contribution is 6.29. The number of nitrogens with zero attached hydrogens (tertiary/aromatic N) is 2. The number of ether oxygens (including phenoxy) is 4. The lowest BCUT2D eigenvalue weighted by atomic mass is 10.00. The number of amides is 1. The Labute approximate surface area is 229 Å². The van der Waals surface area contributed by atoms with Gasteiger partial charge in [0, 0.05) is 43.1 Å². The normalized spacial score (nSPS) is 14.1. The molecule has 3 aromatic carbocycles. The number of nitrogens with one attached hydrogen (secondary N) is 1. The van der Waals surface area contributed by atoms with Crippen LogP contribution in [0.5, 0.6) is 28.7 Å². The fraction of sp³-hybridized carbons (Fsp3) is 0.300. The molecule has 39 heavy (non-hydrogen) atoms. The van der Waals surface area contributed by atoms with E-state index in [0.717, 1.165) is 31.9 Å². The monoisotopic (exact) mass is 533 g/mol. The number of benzene rings is 3. The van der Waals surface area contributed by atoms with Crippen molar-refractivity contribution in [1.82, 2.24) is 4.90 Å². The maximum Gasteiger partial charge on any atom is 0.256 e. The molecule has 3 aromatic rings. The summed E-state index contributed by atoms with van der Waals surface area (Å²) in [5, 5.41) is 13.3. The lowest BCUT2D eigenvalue weighted by Crippen LogP contribution is -2.44. The van der Waals surface area contributed by atoms with Crippen molar-refractivity contribution in [2.24, 2.45) is 0 Å². The number of phenols is 1. The summed E-state index contributed by atoms with van der Waals surface area (Å²) in [5.74, 6) is 1.22. The van der Waals surface area contributed by atoms with Gasteiger partial charge in [-0.15, -0.1) is 0 Å². The molecule has 0 aliphatic carbocycles. The minimum absolute atomic E-state index is 0.0320. The molecule has 1 amide bonds. The van der Waals surface area contributed by atoms with Crippen LogP contribution in [0.25, 0.3) is 11.6 Å². The summed E-state index contributed by atoms with van der Waals surface area (Å²) >= 11 is 0. The van der Waals surface area contributed by atoms with Crippen LogP contribution in [0.4, 0.5) is 11.4 Å². The van der Waals surface area contributed by atoms with E-state index in [9.17, 15) is 9.90 Å². The maximum atomic E-state index is 13.7. The highest BCUT2D eigenvalue weighted by Crippen LogP contribution is 2.40. The second kappa shape index (κ2) is 12.4. The smallest absolute Gasteiger partial charge is 0.256 e. The van der Waals surface area contributed by atoms with Crippen molar-refractivity contribution < 1.29 is 28.8 Å². The minimum Gasteiger partial charge on any atom is -0.504 e. The summed E-state index contributed by atoms with van der Waals surface area (Å²) in [5.41, 5.74) is 3.27. The number of carbonyl (C=O) groups excluding carboxylic acids is 1. The van der Waals surface area contributed by atoms with Crippen molar-refractivity contribution in [2.45, 2.75) is 0 Å². The van der Waals surface area contributed by atoms with E-state index in [1.54, 1.807) is 30.3 Å². The van der Waals surface area contributed by atoms with Crippen molar-refractivity contribution in [3.8, 4) is 28.7 Å². The molecule has 0 unspecified atom stereocenters. The molecule has 206 valence electrons. The molecular formula is C30H35N3O6. The molecule has 2 N–H and O–H groups in total. The number of hydrogen-bond donors (Lipinski definition) is 2. The Morgan fingerprint density at radius 1 is 0.821 bits per heavy atom. The van der Waals surface area contributed by atoms with Gasteiger partial charge in [0.25, 0.3) is 5.91 Å². The van der Waals surface area contributed by atoms with Crippen molar-refractivity contribution in [3.63, 3.8) is 0 Å². The Hall–Kier alpha value is -4.37. The summed E-state index contributed by atoms with van der Waals surface area (Å²) in [6, 6.07) is 16.2. The zero-order valence-electron chi connectivity index (χ0n) is 23.0. The number of phenolic OH excluding ortho intramolecular Hbond substituents is 1. The first-order valence-electron chi connectivity index (χ1n) is 12.6. The molecule has 9 nitrogen and oxygen atoms in total. The summed E-state index contributed by atoms with van der Waals surface area (Å²) in [4.78, 5) is 18.4. The third-order valence-electron chi connectivity index (χ3n) is 6.73. The first kappa shape index (κ1) is 27.7. The molecule has 1 aliphatic heterocycles. The first-order chi connectivity index (χ1) is 18.9. The van der Waals surface area contributed by atoms with Gasteiger partial charge in [-0.25, -0.2) is 0 Å². The number of piperazine rings is 1. The predicted molar refractivity (Wildman–Crippen MR) is 153 cm³/mol. The Morgan fingerprint density at radius 3 is 1.97 bits per heavy atom. The Morgan fingerprint density at radius 2 is 1.44 bits per heavy atom. The standard InChI is InChI=1S/C30H35N3O6/c1-32-12-14-33(15-13-32)23-9-7-22(8-10-23)31-30(35)24(16-20-6-11-26(36-2)25(34)17-20)21-18-27(37-3)29(39-5)28(19-21)38-4/h6-11,16-19,34H,12-15H2,1-5H3,(H,31,35)/b24-16+. The van der Waals surface area contributed by atoms with Crippen LogP contribution in [0.2, 0.25) is 0 Å². The van der Waals surface area contributed by atoms with Gasteiger partial charge in [0.05, 0.1) is 28.4 Å². The topological polar surface area (TPSA) is 92.7 Å². The lowest BCUT2D eigenvalue weighted by molar-refractivity contribution is -0.111. The van der Waals surface area contributed by atoms with E-state index < -0.39 is 0 Å². The van der Waals surface area contributed by atoms with Crippen molar-refractivity contribution in [3.05, 3.63) is 65.7 Å². The molecule has 9 heteroatoms. The van der Waals surface area contributed by atoms with Crippen molar-refractivity contribution >= 4 is 28.9 Å². The fourth-order valence-corrected chi connectivity index (χ4v) is 4.50.